The molecule has 3 rings (SSSR count). The van der Waals surface area contributed by atoms with Crippen LogP contribution in [-0.2, 0) is 4.79 Å². The molecule has 0 heterocycles. The zero-order valence-electron chi connectivity index (χ0n) is 16.4. The minimum absolute atomic E-state index is 0.0438. The lowest BCUT2D eigenvalue weighted by Crippen LogP contribution is -2.17. The molecule has 0 radical (unpaired) electrons. The average Bonchev–Trinajstić information content (AvgIpc) is 2.75. The Balaban J connectivity index is 1.67. The van der Waals surface area contributed by atoms with Crippen LogP contribution in [-0.4, -0.2) is 23.0 Å². The predicted octanol–water partition coefficient (Wildman–Crippen LogP) is 4.47. The van der Waals surface area contributed by atoms with E-state index >= 15 is 0 Å². The van der Waals surface area contributed by atoms with Gasteiger partial charge in [0, 0.05) is 34.7 Å². The summed E-state index contributed by atoms with van der Waals surface area (Å²) in [6, 6.07) is 20.4. The lowest BCUT2D eigenvalue weighted by atomic mass is 10.2. The summed E-state index contributed by atoms with van der Waals surface area (Å²) in [5, 5.41) is 18.0. The van der Waals surface area contributed by atoms with E-state index in [1.54, 1.807) is 36.4 Å². The zero-order valence-corrected chi connectivity index (χ0v) is 17.3. The van der Waals surface area contributed by atoms with Crippen LogP contribution < -0.4 is 10.7 Å². The molecule has 0 atom stereocenters. The fraction of sp³-hybridized carbons (Fsp3) is 0.0455. The second-order valence-corrected chi connectivity index (χ2v) is 7.47. The van der Waals surface area contributed by atoms with E-state index in [0.29, 0.717) is 21.7 Å². The van der Waals surface area contributed by atoms with Crippen LogP contribution in [0.1, 0.15) is 22.8 Å². The lowest BCUT2D eigenvalue weighted by Gasteiger charge is -2.05. The van der Waals surface area contributed by atoms with E-state index < -0.39 is 10.8 Å². The predicted molar refractivity (Wildman–Crippen MR) is 119 cm³/mol. The van der Waals surface area contributed by atoms with Gasteiger partial charge >= 0.3 is 0 Å². The van der Waals surface area contributed by atoms with Gasteiger partial charge in [0.05, 0.1) is 16.0 Å². The van der Waals surface area contributed by atoms with Crippen molar-refractivity contribution in [1.29, 1.82) is 0 Å². The number of amides is 2. The molecule has 0 saturated carbocycles. The summed E-state index contributed by atoms with van der Waals surface area (Å²) in [6.45, 7) is 1.40. The smallest absolute Gasteiger partial charge is 0.283 e. The van der Waals surface area contributed by atoms with Gasteiger partial charge in [-0.05, 0) is 42.5 Å². The highest BCUT2D eigenvalue weighted by Gasteiger charge is 2.15. The minimum atomic E-state index is -0.448. The lowest BCUT2D eigenvalue weighted by molar-refractivity contribution is -0.387. The molecular formula is C22H18N4O4S. The summed E-state index contributed by atoms with van der Waals surface area (Å²) in [6.07, 6.45) is 1.34. The monoisotopic (exact) mass is 434 g/mol. The Bertz CT molecular complexity index is 1130. The number of nitrogens with one attached hydrogen (secondary N) is 2. The zero-order chi connectivity index (χ0) is 22.2. The van der Waals surface area contributed by atoms with Crippen LogP contribution in [0.15, 0.2) is 87.7 Å². The number of benzene rings is 3. The molecule has 0 aliphatic carbocycles. The van der Waals surface area contributed by atoms with Gasteiger partial charge in [-0.3, -0.25) is 19.7 Å². The second kappa shape index (κ2) is 10.2. The summed E-state index contributed by atoms with van der Waals surface area (Å²) >= 11 is 1.30. The van der Waals surface area contributed by atoms with E-state index in [1.807, 2.05) is 30.3 Å². The second-order valence-electron chi connectivity index (χ2n) is 6.36. The fourth-order valence-corrected chi connectivity index (χ4v) is 3.52. The number of nitrogens with zero attached hydrogens (tertiary/aromatic N) is 2. The van der Waals surface area contributed by atoms with Crippen LogP contribution in [0.25, 0.3) is 0 Å². The molecule has 0 unspecified atom stereocenters. The van der Waals surface area contributed by atoms with Crippen molar-refractivity contribution in [3.63, 3.8) is 0 Å². The van der Waals surface area contributed by atoms with Gasteiger partial charge in [0.1, 0.15) is 0 Å². The molecule has 156 valence electrons. The molecule has 2 N–H and O–H groups in total. The molecule has 9 heteroatoms. The quantitative estimate of drug-likeness (QED) is 0.324. The molecule has 3 aromatic rings. The van der Waals surface area contributed by atoms with Crippen LogP contribution in [0.3, 0.4) is 0 Å². The van der Waals surface area contributed by atoms with Gasteiger partial charge < -0.3 is 5.32 Å². The molecule has 0 fully saturated rings. The number of carbonyl (C=O) groups excluding carboxylic acids is 2. The van der Waals surface area contributed by atoms with E-state index in [0.717, 1.165) is 4.90 Å². The number of nitro groups is 1. The van der Waals surface area contributed by atoms with Gasteiger partial charge in [0.25, 0.3) is 11.6 Å². The number of hydrogen-bond acceptors (Lipinski definition) is 6. The Kier molecular flexibility index (Phi) is 7.13. The maximum atomic E-state index is 12.2. The number of anilines is 1. The number of hydrazone groups is 1. The van der Waals surface area contributed by atoms with Crippen LogP contribution in [0.5, 0.6) is 0 Å². The number of rotatable bonds is 7. The maximum absolute atomic E-state index is 12.2. The third-order valence-corrected chi connectivity index (χ3v) is 5.07. The molecule has 3 aromatic carbocycles. The Labute approximate surface area is 182 Å². The number of nitro benzene ring substituents is 1. The van der Waals surface area contributed by atoms with Crippen LogP contribution >= 0.6 is 11.8 Å². The van der Waals surface area contributed by atoms with Crippen molar-refractivity contribution < 1.29 is 14.5 Å². The van der Waals surface area contributed by atoms with E-state index in [4.69, 9.17) is 0 Å². The molecule has 0 saturated heterocycles. The van der Waals surface area contributed by atoms with Crippen molar-refractivity contribution >= 4 is 41.2 Å². The number of hydrogen-bond donors (Lipinski definition) is 2. The highest BCUT2D eigenvalue weighted by molar-refractivity contribution is 7.99. The Morgan fingerprint density at radius 3 is 2.39 bits per heavy atom. The first-order valence-corrected chi connectivity index (χ1v) is 9.96. The molecule has 0 spiro atoms. The molecule has 0 bridgehead atoms. The van der Waals surface area contributed by atoms with Crippen molar-refractivity contribution in [2.24, 2.45) is 5.10 Å². The maximum Gasteiger partial charge on any atom is 0.283 e. The SMILES string of the molecule is CC(=O)Nc1ccc(C(=O)NN=Cc2ccc(Sc3ccccc3)c([N+](=O)[O-])c2)cc1. The van der Waals surface area contributed by atoms with Gasteiger partial charge in [-0.15, -0.1) is 0 Å². The van der Waals surface area contributed by atoms with Crippen LogP contribution in [0, 0.1) is 10.1 Å². The van der Waals surface area contributed by atoms with E-state index in [2.05, 4.69) is 15.8 Å². The summed E-state index contributed by atoms with van der Waals surface area (Å²) in [4.78, 5) is 35.6. The summed E-state index contributed by atoms with van der Waals surface area (Å²) in [7, 11) is 0. The Morgan fingerprint density at radius 2 is 1.74 bits per heavy atom. The van der Waals surface area contributed by atoms with Crippen molar-refractivity contribution in [1.82, 2.24) is 5.43 Å². The molecule has 8 nitrogen and oxygen atoms in total. The normalized spacial score (nSPS) is 10.6. The summed E-state index contributed by atoms with van der Waals surface area (Å²) < 4.78 is 0. The van der Waals surface area contributed by atoms with E-state index in [-0.39, 0.29) is 11.6 Å². The van der Waals surface area contributed by atoms with E-state index in [1.165, 1.54) is 31.0 Å². The third kappa shape index (κ3) is 6.25. The summed E-state index contributed by atoms with van der Waals surface area (Å²) in [5.41, 5.74) is 3.74. The van der Waals surface area contributed by atoms with Crippen molar-refractivity contribution in [3.8, 4) is 0 Å². The van der Waals surface area contributed by atoms with Crippen LogP contribution in [0.4, 0.5) is 11.4 Å². The van der Waals surface area contributed by atoms with Gasteiger partial charge in [0.2, 0.25) is 5.91 Å². The van der Waals surface area contributed by atoms with Gasteiger partial charge in [-0.25, -0.2) is 5.43 Å². The topological polar surface area (TPSA) is 114 Å². The largest absolute Gasteiger partial charge is 0.326 e. The first-order chi connectivity index (χ1) is 14.9. The van der Waals surface area contributed by atoms with Gasteiger partial charge in [-0.1, -0.05) is 36.0 Å². The third-order valence-electron chi connectivity index (χ3n) is 4.00. The van der Waals surface area contributed by atoms with Gasteiger partial charge in [-0.2, -0.15) is 5.10 Å². The Morgan fingerprint density at radius 1 is 1.03 bits per heavy atom. The van der Waals surface area contributed by atoms with Crippen molar-refractivity contribution in [2.45, 2.75) is 16.7 Å². The molecular weight excluding hydrogens is 416 g/mol. The highest BCUT2D eigenvalue weighted by Crippen LogP contribution is 2.34. The first kappa shape index (κ1) is 21.7. The van der Waals surface area contributed by atoms with Crippen LogP contribution in [0.2, 0.25) is 0 Å². The first-order valence-electron chi connectivity index (χ1n) is 9.15. The minimum Gasteiger partial charge on any atom is -0.326 e. The molecule has 31 heavy (non-hydrogen) atoms. The average molecular weight is 434 g/mol. The van der Waals surface area contributed by atoms with Crippen molar-refractivity contribution in [3.05, 3.63) is 94.0 Å². The van der Waals surface area contributed by atoms with E-state index in [9.17, 15) is 19.7 Å². The molecule has 0 aliphatic rings. The Hall–Kier alpha value is -3.98. The molecule has 2 amide bonds. The van der Waals surface area contributed by atoms with Crippen molar-refractivity contribution in [2.75, 3.05) is 5.32 Å². The van der Waals surface area contributed by atoms with Gasteiger partial charge in [0.15, 0.2) is 0 Å². The fourth-order valence-electron chi connectivity index (χ4n) is 2.60. The molecule has 0 aromatic heterocycles. The standard InChI is InChI=1S/C22H18N4O4S/c1-15(27)24-18-10-8-17(9-11-18)22(28)25-23-14-16-7-12-21(20(13-16)26(29)30)31-19-5-3-2-4-6-19/h2-14H,1H3,(H,24,27)(H,25,28). The highest BCUT2D eigenvalue weighted by atomic mass is 32.2. The number of carbonyl (C=O) groups is 2. The summed E-state index contributed by atoms with van der Waals surface area (Å²) in [5.74, 6) is -0.652. The molecule has 0 aliphatic heterocycles.